The molecule has 3 rings (SSSR count). The van der Waals surface area contributed by atoms with Crippen molar-refractivity contribution in [1.82, 2.24) is 15.0 Å². The van der Waals surface area contributed by atoms with E-state index in [1.807, 2.05) is 26.8 Å². The molecule has 0 aliphatic heterocycles. The molecule has 0 saturated carbocycles. The smallest absolute Gasteiger partial charge is 0.0912 e. The summed E-state index contributed by atoms with van der Waals surface area (Å²) in [6.07, 6.45) is 0. The van der Waals surface area contributed by atoms with E-state index in [2.05, 4.69) is 34.0 Å². The lowest BCUT2D eigenvalue weighted by Gasteiger charge is -2.06. The van der Waals surface area contributed by atoms with Crippen LogP contribution in [0.4, 0.5) is 0 Å². The lowest BCUT2D eigenvalue weighted by Crippen LogP contribution is -1.95. The zero-order valence-corrected chi connectivity index (χ0v) is 11.1. The first-order chi connectivity index (χ1) is 8.54. The van der Waals surface area contributed by atoms with Gasteiger partial charge in [-0.05, 0) is 51.5 Å². The highest BCUT2D eigenvalue weighted by atomic mass is 14.8. The largest absolute Gasteiger partial charge is 0.253 e. The summed E-state index contributed by atoms with van der Waals surface area (Å²) < 4.78 is 0. The zero-order valence-electron chi connectivity index (χ0n) is 11.1. The number of benzene rings is 1. The summed E-state index contributed by atoms with van der Waals surface area (Å²) in [6, 6.07) is 6.26. The van der Waals surface area contributed by atoms with Crippen LogP contribution >= 0.6 is 0 Å². The average molecular weight is 237 g/mol. The summed E-state index contributed by atoms with van der Waals surface area (Å²) in [7, 11) is 0. The molecule has 0 unspecified atom stereocenters. The van der Waals surface area contributed by atoms with E-state index >= 15 is 0 Å². The Kier molecular flexibility index (Phi) is 2.30. The number of pyridine rings is 1. The maximum atomic E-state index is 4.61. The molecule has 0 radical (unpaired) electrons. The first-order valence-corrected chi connectivity index (χ1v) is 6.07. The van der Waals surface area contributed by atoms with Crippen LogP contribution in [0.5, 0.6) is 0 Å². The van der Waals surface area contributed by atoms with E-state index in [0.717, 1.165) is 39.0 Å². The van der Waals surface area contributed by atoms with E-state index in [0.29, 0.717) is 0 Å². The van der Waals surface area contributed by atoms with E-state index in [1.165, 1.54) is 5.56 Å². The second kappa shape index (κ2) is 3.73. The highest BCUT2D eigenvalue weighted by Gasteiger charge is 2.06. The van der Waals surface area contributed by atoms with Gasteiger partial charge in [-0.3, -0.25) is 4.98 Å². The Morgan fingerprint density at radius 1 is 0.611 bits per heavy atom. The minimum Gasteiger partial charge on any atom is -0.253 e. The van der Waals surface area contributed by atoms with Gasteiger partial charge in [-0.1, -0.05) is 0 Å². The van der Waals surface area contributed by atoms with Crippen molar-refractivity contribution in [3.05, 3.63) is 40.8 Å². The zero-order chi connectivity index (χ0) is 12.9. The van der Waals surface area contributed by atoms with Gasteiger partial charge in [-0.2, -0.15) is 0 Å². The number of aromatic nitrogens is 3. The SMILES string of the molecule is Cc1cc2cc3nc(C)c(C)nc3cc2nc1C. The molecule has 1 aromatic carbocycles. The lowest BCUT2D eigenvalue weighted by atomic mass is 10.1. The quantitative estimate of drug-likeness (QED) is 0.562. The Labute approximate surface area is 106 Å². The molecule has 0 N–H and O–H groups in total. The second-order valence-corrected chi connectivity index (χ2v) is 4.82. The molecule has 0 spiro atoms. The van der Waals surface area contributed by atoms with Crippen molar-refractivity contribution in [1.29, 1.82) is 0 Å². The lowest BCUT2D eigenvalue weighted by molar-refractivity contribution is 1.10. The van der Waals surface area contributed by atoms with Gasteiger partial charge in [-0.25, -0.2) is 9.97 Å². The van der Waals surface area contributed by atoms with Gasteiger partial charge in [0.2, 0.25) is 0 Å². The topological polar surface area (TPSA) is 38.7 Å². The van der Waals surface area contributed by atoms with Gasteiger partial charge in [0, 0.05) is 11.1 Å². The predicted octanol–water partition coefficient (Wildman–Crippen LogP) is 3.41. The highest BCUT2D eigenvalue weighted by molar-refractivity contribution is 5.93. The number of fused-ring (bicyclic) bond motifs is 2. The van der Waals surface area contributed by atoms with Gasteiger partial charge in [0.05, 0.1) is 27.9 Å². The van der Waals surface area contributed by atoms with Crippen LogP contribution in [0.15, 0.2) is 18.2 Å². The molecule has 0 aliphatic carbocycles. The van der Waals surface area contributed by atoms with Gasteiger partial charge >= 0.3 is 0 Å². The maximum absolute atomic E-state index is 4.61. The van der Waals surface area contributed by atoms with Gasteiger partial charge in [-0.15, -0.1) is 0 Å². The van der Waals surface area contributed by atoms with E-state index in [-0.39, 0.29) is 0 Å². The third kappa shape index (κ3) is 1.63. The molecule has 18 heavy (non-hydrogen) atoms. The van der Waals surface area contributed by atoms with Gasteiger partial charge in [0.15, 0.2) is 0 Å². The molecule has 0 fully saturated rings. The summed E-state index contributed by atoms with van der Waals surface area (Å²) in [4.78, 5) is 13.8. The van der Waals surface area contributed by atoms with E-state index in [4.69, 9.17) is 0 Å². The van der Waals surface area contributed by atoms with Crippen molar-refractivity contribution in [2.45, 2.75) is 27.7 Å². The molecule has 3 heteroatoms. The molecule has 2 aromatic heterocycles. The van der Waals surface area contributed by atoms with Crippen molar-refractivity contribution >= 4 is 21.9 Å². The Hall–Kier alpha value is -2.03. The first kappa shape index (κ1) is 11.1. The van der Waals surface area contributed by atoms with Crippen LogP contribution in [-0.4, -0.2) is 15.0 Å². The molecular formula is C15H15N3. The molecule has 0 aliphatic rings. The Morgan fingerprint density at radius 2 is 1.17 bits per heavy atom. The molecule has 3 aromatic rings. The van der Waals surface area contributed by atoms with Gasteiger partial charge in [0.25, 0.3) is 0 Å². The van der Waals surface area contributed by atoms with E-state index in [1.54, 1.807) is 0 Å². The fourth-order valence-corrected chi connectivity index (χ4v) is 2.10. The monoisotopic (exact) mass is 237 g/mol. The summed E-state index contributed by atoms with van der Waals surface area (Å²) in [5.74, 6) is 0. The molecule has 0 saturated heterocycles. The summed E-state index contributed by atoms with van der Waals surface area (Å²) in [6.45, 7) is 8.09. The second-order valence-electron chi connectivity index (χ2n) is 4.82. The third-order valence-electron chi connectivity index (χ3n) is 3.45. The number of aryl methyl sites for hydroxylation is 4. The number of hydrogen-bond donors (Lipinski definition) is 0. The van der Waals surface area contributed by atoms with Crippen LogP contribution in [-0.2, 0) is 0 Å². The highest BCUT2D eigenvalue weighted by Crippen LogP contribution is 2.22. The Bertz CT molecular complexity index is 647. The van der Waals surface area contributed by atoms with Crippen molar-refractivity contribution in [3.8, 4) is 0 Å². The summed E-state index contributed by atoms with van der Waals surface area (Å²) in [5.41, 5.74) is 7.08. The number of rotatable bonds is 0. The van der Waals surface area contributed by atoms with Crippen LogP contribution in [0.3, 0.4) is 0 Å². The van der Waals surface area contributed by atoms with Crippen LogP contribution in [0.25, 0.3) is 21.9 Å². The average Bonchev–Trinajstić information content (AvgIpc) is 2.31. The van der Waals surface area contributed by atoms with Crippen LogP contribution in [0, 0.1) is 27.7 Å². The molecule has 0 amide bonds. The van der Waals surface area contributed by atoms with E-state index < -0.39 is 0 Å². The predicted molar refractivity (Wildman–Crippen MR) is 73.8 cm³/mol. The van der Waals surface area contributed by atoms with E-state index in [9.17, 15) is 0 Å². The van der Waals surface area contributed by atoms with Crippen molar-refractivity contribution in [2.24, 2.45) is 0 Å². The van der Waals surface area contributed by atoms with Crippen LogP contribution in [0.2, 0.25) is 0 Å². The molecule has 0 bridgehead atoms. The van der Waals surface area contributed by atoms with Gasteiger partial charge in [0.1, 0.15) is 0 Å². The molecule has 0 atom stereocenters. The summed E-state index contributed by atoms with van der Waals surface area (Å²) >= 11 is 0. The number of hydrogen-bond acceptors (Lipinski definition) is 3. The van der Waals surface area contributed by atoms with Crippen molar-refractivity contribution in [2.75, 3.05) is 0 Å². The minimum absolute atomic E-state index is 0.918. The van der Waals surface area contributed by atoms with Gasteiger partial charge < -0.3 is 0 Å². The number of nitrogens with zero attached hydrogens (tertiary/aromatic N) is 3. The van der Waals surface area contributed by atoms with Crippen LogP contribution in [0.1, 0.15) is 22.6 Å². The summed E-state index contributed by atoms with van der Waals surface area (Å²) in [5, 5.41) is 1.13. The van der Waals surface area contributed by atoms with Crippen molar-refractivity contribution < 1.29 is 0 Å². The molecular weight excluding hydrogens is 222 g/mol. The fraction of sp³-hybridized carbons (Fsp3) is 0.267. The Balaban J connectivity index is 2.43. The maximum Gasteiger partial charge on any atom is 0.0912 e. The Morgan fingerprint density at radius 3 is 1.83 bits per heavy atom. The first-order valence-electron chi connectivity index (χ1n) is 6.07. The van der Waals surface area contributed by atoms with Crippen molar-refractivity contribution in [3.63, 3.8) is 0 Å². The fourth-order valence-electron chi connectivity index (χ4n) is 2.10. The standard InChI is InChI=1S/C15H15N3/c1-8-5-12-6-14-15(7-13(12)16-9(8)2)18-11(4)10(3)17-14/h5-7H,1-4H3. The minimum atomic E-state index is 0.918. The normalized spacial score (nSPS) is 11.3. The van der Waals surface area contributed by atoms with Crippen LogP contribution < -0.4 is 0 Å². The molecule has 2 heterocycles. The molecule has 90 valence electrons. The third-order valence-corrected chi connectivity index (χ3v) is 3.45. The molecule has 3 nitrogen and oxygen atoms in total.